The fourth-order valence-electron chi connectivity index (χ4n) is 3.37. The largest absolute Gasteiger partial charge is 0.361 e. The molecular formula is C18H21N7O5. The zero-order chi connectivity index (χ0) is 21.5. The van der Waals surface area contributed by atoms with Crippen LogP contribution >= 0.6 is 0 Å². The van der Waals surface area contributed by atoms with E-state index < -0.39 is 21.4 Å². The summed E-state index contributed by atoms with van der Waals surface area (Å²) >= 11 is 0. The number of hydrogen-bond donors (Lipinski definition) is 3. The van der Waals surface area contributed by atoms with E-state index in [1.54, 1.807) is 0 Å². The highest BCUT2D eigenvalue weighted by molar-refractivity contribution is 5.98. The third-order valence-electron chi connectivity index (χ3n) is 4.84. The summed E-state index contributed by atoms with van der Waals surface area (Å²) in [5.74, 6) is -0.990. The number of nitro groups is 2. The molecule has 3 N–H and O–H groups in total. The van der Waals surface area contributed by atoms with Crippen molar-refractivity contribution in [2.45, 2.75) is 44.6 Å². The van der Waals surface area contributed by atoms with Gasteiger partial charge in [-0.25, -0.2) is 9.97 Å². The lowest BCUT2D eigenvalue weighted by Crippen LogP contribution is -2.31. The van der Waals surface area contributed by atoms with Gasteiger partial charge in [-0.3, -0.25) is 35.9 Å². The number of nitrogens with one attached hydrogen (secondary N) is 3. The van der Waals surface area contributed by atoms with Crippen molar-refractivity contribution in [2.24, 2.45) is 0 Å². The second kappa shape index (κ2) is 9.58. The number of anilines is 2. The van der Waals surface area contributed by atoms with Gasteiger partial charge in [0.25, 0.3) is 11.6 Å². The van der Waals surface area contributed by atoms with Crippen LogP contribution in [-0.2, 0) is 0 Å². The summed E-state index contributed by atoms with van der Waals surface area (Å²) < 4.78 is 0. The highest BCUT2D eigenvalue weighted by Crippen LogP contribution is 2.31. The molecule has 1 heterocycles. The standard InChI is InChI=1S/C18H21N7O5/c26-18(13-9-5-6-10-14(13)24(27)28)23-22-17-15(25(29)30)16(19-11-20-17)21-12-7-3-1-2-4-8-12/h5-6,9-12H,1-4,7-8H2,(H,23,26)(H2,19,20,21,22). The number of aromatic nitrogens is 2. The number of hydrogen-bond acceptors (Lipinski definition) is 9. The molecule has 1 saturated carbocycles. The molecule has 1 aromatic heterocycles. The van der Waals surface area contributed by atoms with E-state index in [9.17, 15) is 25.0 Å². The lowest BCUT2D eigenvalue weighted by atomic mass is 10.1. The van der Waals surface area contributed by atoms with Crippen molar-refractivity contribution in [2.75, 3.05) is 10.7 Å². The summed E-state index contributed by atoms with van der Waals surface area (Å²) in [4.78, 5) is 41.6. The maximum absolute atomic E-state index is 12.4. The molecule has 0 atom stereocenters. The van der Waals surface area contributed by atoms with Crippen LogP contribution in [0.3, 0.4) is 0 Å². The van der Waals surface area contributed by atoms with Crippen molar-refractivity contribution < 1.29 is 14.6 Å². The summed E-state index contributed by atoms with van der Waals surface area (Å²) in [5, 5.41) is 25.9. The zero-order valence-electron chi connectivity index (χ0n) is 16.0. The van der Waals surface area contributed by atoms with E-state index in [0.29, 0.717) is 0 Å². The average molecular weight is 415 g/mol. The van der Waals surface area contributed by atoms with Gasteiger partial charge in [-0.15, -0.1) is 0 Å². The molecule has 0 radical (unpaired) electrons. The molecule has 3 rings (SSSR count). The zero-order valence-corrected chi connectivity index (χ0v) is 16.0. The predicted octanol–water partition coefficient (Wildman–Crippen LogP) is 3.18. The van der Waals surface area contributed by atoms with Crippen molar-refractivity contribution in [3.05, 3.63) is 56.4 Å². The molecule has 30 heavy (non-hydrogen) atoms. The molecule has 1 aliphatic carbocycles. The quantitative estimate of drug-likeness (QED) is 0.350. The maximum atomic E-state index is 12.4. The lowest BCUT2D eigenvalue weighted by Gasteiger charge is -2.17. The van der Waals surface area contributed by atoms with E-state index in [4.69, 9.17) is 0 Å². The molecule has 158 valence electrons. The topological polar surface area (TPSA) is 165 Å². The van der Waals surface area contributed by atoms with Gasteiger partial charge in [-0.05, 0) is 18.9 Å². The highest BCUT2D eigenvalue weighted by atomic mass is 16.6. The molecule has 0 spiro atoms. The van der Waals surface area contributed by atoms with Gasteiger partial charge in [0.2, 0.25) is 11.6 Å². The number of nitro benzene ring substituents is 1. The minimum absolute atomic E-state index is 0.0596. The number of para-hydroxylation sites is 1. The molecule has 0 aliphatic heterocycles. The van der Waals surface area contributed by atoms with Crippen molar-refractivity contribution >= 4 is 28.9 Å². The Morgan fingerprint density at radius 2 is 1.63 bits per heavy atom. The molecular weight excluding hydrogens is 394 g/mol. The number of hydrazine groups is 1. The second-order valence-corrected chi connectivity index (χ2v) is 6.86. The van der Waals surface area contributed by atoms with Crippen molar-refractivity contribution in [3.63, 3.8) is 0 Å². The first kappa shape index (κ1) is 20.9. The second-order valence-electron chi connectivity index (χ2n) is 6.86. The van der Waals surface area contributed by atoms with Crippen LogP contribution in [0.15, 0.2) is 30.6 Å². The summed E-state index contributed by atoms with van der Waals surface area (Å²) in [7, 11) is 0. The molecule has 1 amide bonds. The van der Waals surface area contributed by atoms with E-state index in [2.05, 4.69) is 26.1 Å². The Balaban J connectivity index is 1.78. The number of amides is 1. The van der Waals surface area contributed by atoms with Crippen LogP contribution in [-0.4, -0.2) is 31.8 Å². The number of carbonyl (C=O) groups excluding carboxylic acids is 1. The molecule has 0 bridgehead atoms. The third-order valence-corrected chi connectivity index (χ3v) is 4.84. The van der Waals surface area contributed by atoms with Gasteiger partial charge in [0.05, 0.1) is 9.85 Å². The minimum Gasteiger partial charge on any atom is -0.361 e. The molecule has 2 aromatic rings. The predicted molar refractivity (Wildman–Crippen MR) is 108 cm³/mol. The fourth-order valence-corrected chi connectivity index (χ4v) is 3.37. The van der Waals surface area contributed by atoms with Gasteiger partial charge in [0.15, 0.2) is 0 Å². The Labute approximate surface area is 171 Å². The SMILES string of the molecule is O=C(NNc1ncnc(NC2CCCCCC2)c1[N+](=O)[O-])c1ccccc1[N+](=O)[O-]. The van der Waals surface area contributed by atoms with E-state index in [1.165, 1.54) is 24.3 Å². The molecule has 1 aliphatic rings. The van der Waals surface area contributed by atoms with Crippen LogP contribution in [0.25, 0.3) is 0 Å². The van der Waals surface area contributed by atoms with E-state index in [1.807, 2.05) is 0 Å². The molecule has 12 heteroatoms. The first-order chi connectivity index (χ1) is 14.5. The van der Waals surface area contributed by atoms with Crippen LogP contribution in [0, 0.1) is 20.2 Å². The molecule has 0 unspecified atom stereocenters. The van der Waals surface area contributed by atoms with Gasteiger partial charge < -0.3 is 5.32 Å². The van der Waals surface area contributed by atoms with Crippen molar-refractivity contribution in [3.8, 4) is 0 Å². The van der Waals surface area contributed by atoms with Gasteiger partial charge >= 0.3 is 5.69 Å². The summed E-state index contributed by atoms with van der Waals surface area (Å²) in [6, 6.07) is 5.45. The van der Waals surface area contributed by atoms with Crippen LogP contribution in [0.1, 0.15) is 48.9 Å². The van der Waals surface area contributed by atoms with Crippen LogP contribution in [0.2, 0.25) is 0 Å². The Hall–Kier alpha value is -3.83. The normalized spacial score (nSPS) is 14.4. The molecule has 12 nitrogen and oxygen atoms in total. The van der Waals surface area contributed by atoms with Crippen molar-refractivity contribution in [1.29, 1.82) is 0 Å². The van der Waals surface area contributed by atoms with Crippen LogP contribution in [0.5, 0.6) is 0 Å². The number of nitrogens with zero attached hydrogens (tertiary/aromatic N) is 4. The Morgan fingerprint density at radius 3 is 2.30 bits per heavy atom. The molecule has 0 saturated heterocycles. The lowest BCUT2D eigenvalue weighted by molar-refractivity contribution is -0.385. The van der Waals surface area contributed by atoms with E-state index >= 15 is 0 Å². The molecule has 1 aromatic carbocycles. The van der Waals surface area contributed by atoms with Crippen LogP contribution < -0.4 is 16.2 Å². The number of carbonyl (C=O) groups is 1. The average Bonchev–Trinajstić information content (AvgIpc) is 3.00. The Kier molecular flexibility index (Phi) is 6.67. The smallest absolute Gasteiger partial charge is 0.354 e. The third kappa shape index (κ3) is 4.96. The van der Waals surface area contributed by atoms with E-state index in [0.717, 1.165) is 44.9 Å². The van der Waals surface area contributed by atoms with Crippen LogP contribution in [0.4, 0.5) is 23.0 Å². The van der Waals surface area contributed by atoms with Crippen molar-refractivity contribution in [1.82, 2.24) is 15.4 Å². The number of benzene rings is 1. The first-order valence-electron chi connectivity index (χ1n) is 9.53. The number of rotatable bonds is 7. The van der Waals surface area contributed by atoms with Gasteiger partial charge in [-0.2, -0.15) is 0 Å². The summed E-state index contributed by atoms with van der Waals surface area (Å²) in [6.07, 6.45) is 7.26. The highest BCUT2D eigenvalue weighted by Gasteiger charge is 2.26. The van der Waals surface area contributed by atoms with Gasteiger partial charge in [-0.1, -0.05) is 37.8 Å². The Bertz CT molecular complexity index is 944. The Morgan fingerprint density at radius 1 is 0.967 bits per heavy atom. The summed E-state index contributed by atoms with van der Waals surface area (Å²) in [6.45, 7) is 0. The monoisotopic (exact) mass is 415 g/mol. The van der Waals surface area contributed by atoms with E-state index in [-0.39, 0.29) is 28.9 Å². The van der Waals surface area contributed by atoms with Gasteiger partial charge in [0, 0.05) is 12.1 Å². The minimum atomic E-state index is -0.825. The van der Waals surface area contributed by atoms with Gasteiger partial charge in [0.1, 0.15) is 11.9 Å². The first-order valence-corrected chi connectivity index (χ1v) is 9.53. The summed E-state index contributed by atoms with van der Waals surface area (Å²) in [5.41, 5.74) is 3.64. The fraction of sp³-hybridized carbons (Fsp3) is 0.389. The molecule has 1 fully saturated rings. The maximum Gasteiger partial charge on any atom is 0.354 e.